The number of hydrogen-bond acceptors (Lipinski definition) is 4. The molecule has 100 valence electrons. The van der Waals surface area contributed by atoms with Crippen molar-refractivity contribution in [1.29, 1.82) is 0 Å². The van der Waals surface area contributed by atoms with Gasteiger partial charge in [0.05, 0.1) is 11.4 Å². The lowest BCUT2D eigenvalue weighted by Gasteiger charge is -2.05. The summed E-state index contributed by atoms with van der Waals surface area (Å²) in [5, 5.41) is 11.5. The lowest BCUT2D eigenvalue weighted by Crippen LogP contribution is -2.00. The number of nitrogens with zero attached hydrogens (tertiary/aromatic N) is 4. The molecule has 0 aliphatic heterocycles. The number of anilines is 1. The van der Waals surface area contributed by atoms with Crippen molar-refractivity contribution in [3.63, 3.8) is 0 Å². The molecule has 0 amide bonds. The fraction of sp³-hybridized carbons (Fsp3) is 0. The van der Waals surface area contributed by atoms with Crippen LogP contribution in [0.15, 0.2) is 46.9 Å². The Morgan fingerprint density at radius 3 is 2.55 bits per heavy atom. The quantitative estimate of drug-likeness (QED) is 0.732. The second kappa shape index (κ2) is 5.01. The Balaban J connectivity index is 2.10. The van der Waals surface area contributed by atoms with Gasteiger partial charge < -0.3 is 5.73 Å². The van der Waals surface area contributed by atoms with Crippen molar-refractivity contribution in [3.8, 4) is 17.1 Å². The van der Waals surface area contributed by atoms with Gasteiger partial charge in [0, 0.05) is 10.0 Å². The predicted molar refractivity (Wildman–Crippen MR) is 76.7 cm³/mol. The van der Waals surface area contributed by atoms with Gasteiger partial charge in [0.1, 0.15) is 5.82 Å². The van der Waals surface area contributed by atoms with Gasteiger partial charge in [0.2, 0.25) is 0 Å². The smallest absolute Gasteiger partial charge is 0.187 e. The van der Waals surface area contributed by atoms with Gasteiger partial charge in [0.25, 0.3) is 0 Å². The Hall–Kier alpha value is -2.28. The first-order valence-corrected chi connectivity index (χ1v) is 6.54. The first-order valence-electron chi connectivity index (χ1n) is 5.75. The first kappa shape index (κ1) is 12.7. The van der Waals surface area contributed by atoms with E-state index in [-0.39, 0.29) is 5.69 Å². The molecule has 3 rings (SSSR count). The zero-order valence-electron chi connectivity index (χ0n) is 10.2. The van der Waals surface area contributed by atoms with Crippen LogP contribution in [0.4, 0.5) is 10.1 Å². The SMILES string of the molecule is Nc1ccc(-c2nnnn2-c2ccc(Br)cc2)cc1F. The zero-order valence-corrected chi connectivity index (χ0v) is 11.7. The molecule has 0 aliphatic rings. The maximum Gasteiger partial charge on any atom is 0.187 e. The molecule has 2 N–H and O–H groups in total. The van der Waals surface area contributed by atoms with E-state index in [2.05, 4.69) is 31.5 Å². The summed E-state index contributed by atoms with van der Waals surface area (Å²) in [5.74, 6) is -0.0425. The Bertz CT molecular complexity index is 754. The number of hydrogen-bond donors (Lipinski definition) is 1. The molecule has 0 radical (unpaired) electrons. The highest BCUT2D eigenvalue weighted by molar-refractivity contribution is 9.10. The first-order chi connectivity index (χ1) is 9.65. The van der Waals surface area contributed by atoms with Crippen LogP contribution in [0.2, 0.25) is 0 Å². The van der Waals surface area contributed by atoms with E-state index in [9.17, 15) is 4.39 Å². The van der Waals surface area contributed by atoms with Crippen LogP contribution in [0.3, 0.4) is 0 Å². The molecule has 2 aromatic carbocycles. The van der Waals surface area contributed by atoms with E-state index in [1.165, 1.54) is 16.8 Å². The lowest BCUT2D eigenvalue weighted by atomic mass is 10.2. The number of halogens is 2. The Kier molecular flexibility index (Phi) is 3.19. The van der Waals surface area contributed by atoms with E-state index in [0.717, 1.165) is 10.2 Å². The van der Waals surface area contributed by atoms with Crippen molar-refractivity contribution in [3.05, 3.63) is 52.8 Å². The summed E-state index contributed by atoms with van der Waals surface area (Å²) in [6, 6.07) is 12.0. The number of nitrogens with two attached hydrogens (primary N) is 1. The van der Waals surface area contributed by atoms with Gasteiger partial charge in [-0.15, -0.1) is 5.10 Å². The minimum Gasteiger partial charge on any atom is -0.396 e. The van der Waals surface area contributed by atoms with Crippen LogP contribution >= 0.6 is 15.9 Å². The summed E-state index contributed by atoms with van der Waals surface area (Å²) in [7, 11) is 0. The Labute approximate surface area is 122 Å². The number of benzene rings is 2. The standard InChI is InChI=1S/C13H9BrFN5/c14-9-2-4-10(5-3-9)20-13(17-18-19-20)8-1-6-12(16)11(15)7-8/h1-7H,16H2. The highest BCUT2D eigenvalue weighted by atomic mass is 79.9. The van der Waals surface area contributed by atoms with Gasteiger partial charge in [-0.3, -0.25) is 0 Å². The Morgan fingerprint density at radius 1 is 1.10 bits per heavy atom. The average molecular weight is 334 g/mol. The molecule has 0 spiro atoms. The maximum absolute atomic E-state index is 13.5. The van der Waals surface area contributed by atoms with Crippen LogP contribution in [0.1, 0.15) is 0 Å². The summed E-state index contributed by atoms with van der Waals surface area (Å²) in [6.07, 6.45) is 0. The van der Waals surface area contributed by atoms with Crippen molar-refractivity contribution >= 4 is 21.6 Å². The summed E-state index contributed by atoms with van der Waals surface area (Å²) >= 11 is 3.37. The van der Waals surface area contributed by atoms with E-state index in [0.29, 0.717) is 11.4 Å². The van der Waals surface area contributed by atoms with Crippen LogP contribution in [-0.4, -0.2) is 20.2 Å². The monoisotopic (exact) mass is 333 g/mol. The molecule has 1 aromatic heterocycles. The van der Waals surface area contributed by atoms with Crippen LogP contribution in [0.5, 0.6) is 0 Å². The molecule has 20 heavy (non-hydrogen) atoms. The molecule has 5 nitrogen and oxygen atoms in total. The predicted octanol–water partition coefficient (Wildman–Crippen LogP) is 2.81. The molecule has 0 aliphatic carbocycles. The molecular formula is C13H9BrFN5. The van der Waals surface area contributed by atoms with Crippen molar-refractivity contribution in [2.24, 2.45) is 0 Å². The van der Waals surface area contributed by atoms with Crippen molar-refractivity contribution < 1.29 is 4.39 Å². The van der Waals surface area contributed by atoms with Crippen molar-refractivity contribution in [2.45, 2.75) is 0 Å². The minimum atomic E-state index is -0.493. The molecule has 7 heteroatoms. The summed E-state index contributed by atoms with van der Waals surface area (Å²) in [4.78, 5) is 0. The summed E-state index contributed by atoms with van der Waals surface area (Å²) < 4.78 is 16.0. The van der Waals surface area contributed by atoms with Gasteiger partial charge in [-0.2, -0.15) is 4.68 Å². The number of aromatic nitrogens is 4. The highest BCUT2D eigenvalue weighted by Gasteiger charge is 2.12. The molecule has 0 unspecified atom stereocenters. The van der Waals surface area contributed by atoms with Crippen LogP contribution in [-0.2, 0) is 0 Å². The van der Waals surface area contributed by atoms with Gasteiger partial charge in [-0.25, -0.2) is 4.39 Å². The third kappa shape index (κ3) is 2.27. The molecule has 3 aromatic rings. The average Bonchev–Trinajstić information content (AvgIpc) is 2.92. The maximum atomic E-state index is 13.5. The van der Waals surface area contributed by atoms with Gasteiger partial charge in [0.15, 0.2) is 5.82 Å². The van der Waals surface area contributed by atoms with E-state index in [1.807, 2.05) is 24.3 Å². The largest absolute Gasteiger partial charge is 0.396 e. The summed E-state index contributed by atoms with van der Waals surface area (Å²) in [5.41, 5.74) is 6.91. The summed E-state index contributed by atoms with van der Waals surface area (Å²) in [6.45, 7) is 0. The van der Waals surface area contributed by atoms with Gasteiger partial charge in [-0.05, 0) is 52.9 Å². The van der Waals surface area contributed by atoms with Crippen molar-refractivity contribution in [2.75, 3.05) is 5.73 Å². The molecule has 0 atom stereocenters. The van der Waals surface area contributed by atoms with Crippen LogP contribution < -0.4 is 5.73 Å². The molecule has 0 saturated heterocycles. The molecule has 0 fully saturated rings. The van der Waals surface area contributed by atoms with Crippen LogP contribution in [0, 0.1) is 5.82 Å². The normalized spacial score (nSPS) is 10.7. The second-order valence-electron chi connectivity index (χ2n) is 4.13. The Morgan fingerprint density at radius 2 is 1.85 bits per heavy atom. The lowest BCUT2D eigenvalue weighted by molar-refractivity contribution is 0.632. The highest BCUT2D eigenvalue weighted by Crippen LogP contribution is 2.23. The minimum absolute atomic E-state index is 0.0939. The number of tetrazole rings is 1. The van der Waals surface area contributed by atoms with Gasteiger partial charge >= 0.3 is 0 Å². The van der Waals surface area contributed by atoms with E-state index in [4.69, 9.17) is 5.73 Å². The fourth-order valence-corrected chi connectivity index (χ4v) is 2.05. The molecule has 1 heterocycles. The number of rotatable bonds is 2. The zero-order chi connectivity index (χ0) is 14.1. The molecular weight excluding hydrogens is 325 g/mol. The fourth-order valence-electron chi connectivity index (χ4n) is 1.79. The van der Waals surface area contributed by atoms with Crippen molar-refractivity contribution in [1.82, 2.24) is 20.2 Å². The third-order valence-corrected chi connectivity index (χ3v) is 3.33. The van der Waals surface area contributed by atoms with Crippen LogP contribution in [0.25, 0.3) is 17.1 Å². The third-order valence-electron chi connectivity index (χ3n) is 2.80. The van der Waals surface area contributed by atoms with E-state index >= 15 is 0 Å². The van der Waals surface area contributed by atoms with E-state index in [1.54, 1.807) is 6.07 Å². The number of nitrogen functional groups attached to an aromatic ring is 1. The topological polar surface area (TPSA) is 69.6 Å². The van der Waals surface area contributed by atoms with Gasteiger partial charge in [-0.1, -0.05) is 15.9 Å². The molecule has 0 bridgehead atoms. The van der Waals surface area contributed by atoms with E-state index < -0.39 is 5.82 Å². The molecule has 0 saturated carbocycles. The second-order valence-corrected chi connectivity index (χ2v) is 5.04.